The Labute approximate surface area is 143 Å². The van der Waals surface area contributed by atoms with E-state index in [4.69, 9.17) is 4.74 Å². The van der Waals surface area contributed by atoms with Crippen LogP contribution < -0.4 is 0 Å². The first-order valence-electron chi connectivity index (χ1n) is 9.11. The zero-order valence-electron chi connectivity index (χ0n) is 14.1. The van der Waals surface area contributed by atoms with Crippen LogP contribution in [-0.4, -0.2) is 10.7 Å². The topological polar surface area (TPSA) is 14.2 Å². The second-order valence-electron chi connectivity index (χ2n) is 7.37. The lowest BCUT2D eigenvalue weighted by Crippen LogP contribution is -2.46. The SMILES string of the molecule is CC1(c2ccccc2)OC2CCCCC2n2c1cc1ccccc12. The van der Waals surface area contributed by atoms with Crippen LogP contribution in [0.1, 0.15) is 49.9 Å². The lowest BCUT2D eigenvalue weighted by molar-refractivity contribution is -0.122. The predicted octanol–water partition coefficient (Wildman–Crippen LogP) is 5.42. The van der Waals surface area contributed by atoms with Crippen LogP contribution in [0.25, 0.3) is 10.9 Å². The Bertz CT molecular complexity index is 881. The maximum Gasteiger partial charge on any atom is 0.131 e. The van der Waals surface area contributed by atoms with E-state index in [1.54, 1.807) is 0 Å². The Morgan fingerprint density at radius 2 is 1.71 bits per heavy atom. The van der Waals surface area contributed by atoms with Crippen molar-refractivity contribution in [2.24, 2.45) is 0 Å². The molecular formula is C22H23NO. The summed E-state index contributed by atoms with van der Waals surface area (Å²) in [6, 6.07) is 22.3. The highest BCUT2D eigenvalue weighted by Gasteiger charge is 2.45. The largest absolute Gasteiger partial charge is 0.359 e. The van der Waals surface area contributed by atoms with Crippen molar-refractivity contribution in [2.45, 2.75) is 50.4 Å². The van der Waals surface area contributed by atoms with Gasteiger partial charge in [0.05, 0.1) is 17.8 Å². The highest BCUT2D eigenvalue weighted by molar-refractivity contribution is 5.82. The molecule has 0 bridgehead atoms. The molecule has 1 aliphatic carbocycles. The van der Waals surface area contributed by atoms with Gasteiger partial charge < -0.3 is 9.30 Å². The Morgan fingerprint density at radius 3 is 2.58 bits per heavy atom. The number of benzene rings is 2. The molecule has 122 valence electrons. The van der Waals surface area contributed by atoms with E-state index in [1.807, 2.05) is 0 Å². The molecule has 0 spiro atoms. The van der Waals surface area contributed by atoms with Gasteiger partial charge in [-0.05, 0) is 42.8 Å². The van der Waals surface area contributed by atoms with Gasteiger partial charge in [0, 0.05) is 5.52 Å². The number of fused-ring (bicyclic) bond motifs is 5. The van der Waals surface area contributed by atoms with Gasteiger partial charge in [-0.15, -0.1) is 0 Å². The number of para-hydroxylation sites is 1. The van der Waals surface area contributed by atoms with Crippen molar-refractivity contribution in [2.75, 3.05) is 0 Å². The first-order chi connectivity index (χ1) is 11.8. The van der Waals surface area contributed by atoms with Crippen molar-refractivity contribution in [1.29, 1.82) is 0 Å². The van der Waals surface area contributed by atoms with Gasteiger partial charge in [0.1, 0.15) is 5.60 Å². The van der Waals surface area contributed by atoms with E-state index in [9.17, 15) is 0 Å². The molecule has 0 saturated heterocycles. The van der Waals surface area contributed by atoms with E-state index in [2.05, 4.69) is 72.2 Å². The first-order valence-corrected chi connectivity index (χ1v) is 9.11. The second-order valence-corrected chi connectivity index (χ2v) is 7.37. The van der Waals surface area contributed by atoms with Gasteiger partial charge >= 0.3 is 0 Å². The minimum Gasteiger partial charge on any atom is -0.359 e. The molecule has 2 aromatic carbocycles. The third-order valence-electron chi connectivity index (χ3n) is 5.95. The number of hydrogen-bond acceptors (Lipinski definition) is 1. The van der Waals surface area contributed by atoms with E-state index in [0.717, 1.165) is 0 Å². The van der Waals surface area contributed by atoms with Gasteiger partial charge in [0.15, 0.2) is 0 Å². The fraction of sp³-hybridized carbons (Fsp3) is 0.364. The molecular weight excluding hydrogens is 294 g/mol. The molecule has 1 fully saturated rings. The van der Waals surface area contributed by atoms with Crippen LogP contribution in [-0.2, 0) is 10.3 Å². The van der Waals surface area contributed by atoms with E-state index < -0.39 is 0 Å². The van der Waals surface area contributed by atoms with Gasteiger partial charge in [-0.2, -0.15) is 0 Å². The maximum atomic E-state index is 6.80. The first kappa shape index (κ1) is 14.3. The molecule has 2 heterocycles. The summed E-state index contributed by atoms with van der Waals surface area (Å²) >= 11 is 0. The number of nitrogens with zero attached hydrogens (tertiary/aromatic N) is 1. The average Bonchev–Trinajstić information content (AvgIpc) is 3.03. The van der Waals surface area contributed by atoms with Gasteiger partial charge in [0.25, 0.3) is 0 Å². The zero-order chi connectivity index (χ0) is 16.1. The Balaban J connectivity index is 1.79. The van der Waals surface area contributed by atoms with E-state index >= 15 is 0 Å². The van der Waals surface area contributed by atoms with Crippen LogP contribution in [0, 0.1) is 0 Å². The van der Waals surface area contributed by atoms with Gasteiger partial charge in [-0.3, -0.25) is 0 Å². The van der Waals surface area contributed by atoms with Crippen LogP contribution in [0.5, 0.6) is 0 Å². The minimum absolute atomic E-state index is 0.312. The molecule has 2 nitrogen and oxygen atoms in total. The Morgan fingerprint density at radius 1 is 0.958 bits per heavy atom. The lowest BCUT2D eigenvalue weighted by Gasteiger charge is -2.47. The maximum absolute atomic E-state index is 6.80. The van der Waals surface area contributed by atoms with Gasteiger partial charge in [-0.25, -0.2) is 0 Å². The van der Waals surface area contributed by atoms with Crippen LogP contribution >= 0.6 is 0 Å². The molecule has 1 aromatic heterocycles. The molecule has 2 aliphatic rings. The molecule has 3 atom stereocenters. The van der Waals surface area contributed by atoms with Crippen molar-refractivity contribution < 1.29 is 4.74 Å². The Kier molecular flexibility index (Phi) is 3.11. The summed E-state index contributed by atoms with van der Waals surface area (Å²) in [4.78, 5) is 0. The van der Waals surface area contributed by atoms with Crippen LogP contribution in [0.3, 0.4) is 0 Å². The summed E-state index contributed by atoms with van der Waals surface area (Å²) in [6.07, 6.45) is 5.28. The smallest absolute Gasteiger partial charge is 0.131 e. The average molecular weight is 317 g/mol. The number of ether oxygens (including phenoxy) is 1. The molecule has 5 rings (SSSR count). The molecule has 0 N–H and O–H groups in total. The third-order valence-corrected chi connectivity index (χ3v) is 5.95. The molecule has 1 aliphatic heterocycles. The molecule has 3 unspecified atom stereocenters. The standard InChI is InChI=1S/C22H23NO/c1-22(17-10-3-2-4-11-17)21-15-16-9-5-6-12-18(16)23(21)19-13-7-8-14-20(19)24-22/h2-6,9-12,15,19-20H,7-8,13-14H2,1H3. The summed E-state index contributed by atoms with van der Waals surface area (Å²) in [5.74, 6) is 0. The van der Waals surface area contributed by atoms with Crippen molar-refractivity contribution in [3.8, 4) is 0 Å². The molecule has 3 aromatic rings. The molecule has 0 radical (unpaired) electrons. The summed E-state index contributed by atoms with van der Waals surface area (Å²) in [5, 5.41) is 1.32. The van der Waals surface area contributed by atoms with Crippen LogP contribution in [0.15, 0.2) is 60.7 Å². The van der Waals surface area contributed by atoms with Crippen molar-refractivity contribution in [3.63, 3.8) is 0 Å². The van der Waals surface area contributed by atoms with E-state index in [1.165, 1.54) is 47.8 Å². The second kappa shape index (κ2) is 5.22. The third kappa shape index (κ3) is 1.93. The fourth-order valence-electron chi connectivity index (χ4n) is 4.75. The van der Waals surface area contributed by atoms with E-state index in [-0.39, 0.29) is 5.60 Å². The summed E-state index contributed by atoms with van der Waals surface area (Å²) in [6.45, 7) is 2.25. The quantitative estimate of drug-likeness (QED) is 0.584. The monoisotopic (exact) mass is 317 g/mol. The highest BCUT2D eigenvalue weighted by Crippen LogP contribution is 2.48. The predicted molar refractivity (Wildman–Crippen MR) is 97.2 cm³/mol. The number of aromatic nitrogens is 1. The molecule has 0 amide bonds. The summed E-state index contributed by atoms with van der Waals surface area (Å²) in [5.41, 5.74) is 3.53. The molecule has 2 heteroatoms. The van der Waals surface area contributed by atoms with Crippen molar-refractivity contribution in [1.82, 2.24) is 4.57 Å². The minimum atomic E-state index is -0.376. The fourth-order valence-corrected chi connectivity index (χ4v) is 4.75. The highest BCUT2D eigenvalue weighted by atomic mass is 16.5. The van der Waals surface area contributed by atoms with Gasteiger partial charge in [-0.1, -0.05) is 61.4 Å². The normalized spacial score (nSPS) is 29.2. The zero-order valence-corrected chi connectivity index (χ0v) is 14.1. The van der Waals surface area contributed by atoms with Crippen molar-refractivity contribution in [3.05, 3.63) is 71.9 Å². The Hall–Kier alpha value is -2.06. The lowest BCUT2D eigenvalue weighted by atomic mass is 9.84. The molecule has 24 heavy (non-hydrogen) atoms. The van der Waals surface area contributed by atoms with E-state index in [0.29, 0.717) is 12.1 Å². The van der Waals surface area contributed by atoms with Gasteiger partial charge in [0.2, 0.25) is 0 Å². The summed E-state index contributed by atoms with van der Waals surface area (Å²) < 4.78 is 9.39. The number of rotatable bonds is 1. The summed E-state index contributed by atoms with van der Waals surface area (Å²) in [7, 11) is 0. The number of hydrogen-bond donors (Lipinski definition) is 0. The van der Waals surface area contributed by atoms with Crippen LogP contribution in [0.4, 0.5) is 0 Å². The molecule has 1 saturated carbocycles. The van der Waals surface area contributed by atoms with Crippen LogP contribution in [0.2, 0.25) is 0 Å². The van der Waals surface area contributed by atoms with Crippen molar-refractivity contribution >= 4 is 10.9 Å².